The summed E-state index contributed by atoms with van der Waals surface area (Å²) in [6.45, 7) is 8.92. The van der Waals surface area contributed by atoms with Crippen LogP contribution in [0.5, 0.6) is 0 Å². The van der Waals surface area contributed by atoms with Crippen molar-refractivity contribution in [2.45, 2.75) is 96.9 Å². The third-order valence-corrected chi connectivity index (χ3v) is 10.2. The maximum absolute atomic E-state index is 14.7. The van der Waals surface area contributed by atoms with E-state index in [4.69, 9.17) is 9.26 Å². The molecular formula is C38H44F4N6O6. The standard InChI is InChI=1S/C38H44F4N6O6/c1-6-20(4)29(44-28(49)18-22-12-9-10-15-26(22)39)33(50)47-37(17-16-27-24(19-37)23-13-11-14-25(31(23)43-27)38(40,41)42)36(52)45-30(21(5)7-2)34-46-32(48-54-34)35(51)53-8-3/h9-15,20-21,29-30,43H,6-8,16-19H2,1-5H3,(H,44,49)(H,45,52)(H,47,50)/t20?,21?,29?,30?,37-/m0/s1. The number of nitrogens with one attached hydrogen (secondary N) is 4. The van der Waals surface area contributed by atoms with E-state index in [1.807, 2.05) is 20.8 Å². The second-order valence-electron chi connectivity index (χ2n) is 13.8. The lowest BCUT2D eigenvalue weighted by molar-refractivity contribution is -0.137. The van der Waals surface area contributed by atoms with E-state index in [-0.39, 0.29) is 66.4 Å². The lowest BCUT2D eigenvalue weighted by atomic mass is 9.78. The van der Waals surface area contributed by atoms with Crippen LogP contribution in [0.1, 0.15) is 98.8 Å². The molecule has 0 fully saturated rings. The molecule has 1 aliphatic rings. The van der Waals surface area contributed by atoms with Gasteiger partial charge in [0.05, 0.1) is 24.1 Å². The fourth-order valence-corrected chi connectivity index (χ4v) is 6.72. The van der Waals surface area contributed by atoms with Gasteiger partial charge in [-0.25, -0.2) is 9.18 Å². The van der Waals surface area contributed by atoms with Crippen molar-refractivity contribution in [1.29, 1.82) is 0 Å². The molecule has 0 radical (unpaired) electrons. The quantitative estimate of drug-likeness (QED) is 0.0911. The molecule has 4 aromatic rings. The smallest absolute Gasteiger partial charge is 0.418 e. The lowest BCUT2D eigenvalue weighted by Gasteiger charge is -2.39. The Labute approximate surface area is 309 Å². The number of para-hydroxylation sites is 1. The van der Waals surface area contributed by atoms with Crippen LogP contribution in [0.2, 0.25) is 0 Å². The first kappa shape index (κ1) is 39.9. The minimum absolute atomic E-state index is 0.0344. The normalized spacial score (nSPS) is 17.9. The SMILES string of the molecule is CCOC(=O)c1noc(C(NC(=O)[C@]2(NC(=O)C(NC(=O)Cc3ccccc3F)C(C)CC)CCc3[nH]c4c(C(F)(F)F)cccc4c3C2)C(C)CC)n1. The number of nitrogens with zero attached hydrogens (tertiary/aromatic N) is 2. The van der Waals surface area contributed by atoms with E-state index in [9.17, 15) is 36.7 Å². The first-order chi connectivity index (χ1) is 25.6. The van der Waals surface area contributed by atoms with Crippen LogP contribution in [-0.4, -0.2) is 57.0 Å². The molecule has 16 heteroatoms. The molecule has 12 nitrogen and oxygen atoms in total. The highest BCUT2D eigenvalue weighted by molar-refractivity contribution is 5.97. The second-order valence-corrected chi connectivity index (χ2v) is 13.8. The van der Waals surface area contributed by atoms with Crippen molar-refractivity contribution in [2.24, 2.45) is 11.8 Å². The van der Waals surface area contributed by atoms with Crippen molar-refractivity contribution in [1.82, 2.24) is 31.1 Å². The first-order valence-corrected chi connectivity index (χ1v) is 18.0. The van der Waals surface area contributed by atoms with Gasteiger partial charge in [-0.3, -0.25) is 14.4 Å². The maximum Gasteiger partial charge on any atom is 0.418 e. The number of hydrogen-bond donors (Lipinski definition) is 4. The number of H-pyrrole nitrogens is 1. The number of carbonyl (C=O) groups excluding carboxylic acids is 4. The summed E-state index contributed by atoms with van der Waals surface area (Å²) in [7, 11) is 0. The fourth-order valence-electron chi connectivity index (χ4n) is 6.72. The predicted octanol–water partition coefficient (Wildman–Crippen LogP) is 5.91. The van der Waals surface area contributed by atoms with Gasteiger partial charge >= 0.3 is 12.1 Å². The van der Waals surface area contributed by atoms with E-state index >= 15 is 0 Å². The van der Waals surface area contributed by atoms with Gasteiger partial charge in [-0.05, 0) is 60.0 Å². The number of halogens is 4. The average molecular weight is 757 g/mol. The summed E-state index contributed by atoms with van der Waals surface area (Å²) in [5.74, 6) is -4.62. The number of fused-ring (bicyclic) bond motifs is 3. The van der Waals surface area contributed by atoms with Crippen LogP contribution < -0.4 is 16.0 Å². The number of hydrogen-bond acceptors (Lipinski definition) is 8. The van der Waals surface area contributed by atoms with E-state index in [0.29, 0.717) is 24.1 Å². The average Bonchev–Trinajstić information content (AvgIpc) is 3.78. The Bertz CT molecular complexity index is 2010. The molecule has 0 saturated carbocycles. The largest absolute Gasteiger partial charge is 0.460 e. The Hall–Kier alpha value is -5.28. The Morgan fingerprint density at radius 2 is 1.72 bits per heavy atom. The molecule has 0 saturated heterocycles. The van der Waals surface area contributed by atoms with Crippen LogP contribution in [0.15, 0.2) is 47.0 Å². The summed E-state index contributed by atoms with van der Waals surface area (Å²) in [6, 6.07) is 7.45. The number of benzene rings is 2. The number of amides is 3. The van der Waals surface area contributed by atoms with E-state index in [2.05, 4.69) is 31.1 Å². The number of carbonyl (C=O) groups is 4. The number of rotatable bonds is 14. The lowest BCUT2D eigenvalue weighted by Crippen LogP contribution is -2.65. The molecule has 5 rings (SSSR count). The minimum atomic E-state index is -4.66. The monoisotopic (exact) mass is 756 g/mol. The van der Waals surface area contributed by atoms with Crippen molar-refractivity contribution < 1.29 is 46.0 Å². The number of ether oxygens (including phenoxy) is 1. The maximum atomic E-state index is 14.7. The summed E-state index contributed by atoms with van der Waals surface area (Å²) >= 11 is 0. The summed E-state index contributed by atoms with van der Waals surface area (Å²) in [5.41, 5.74) is -1.70. The zero-order valence-electron chi connectivity index (χ0n) is 30.7. The van der Waals surface area contributed by atoms with E-state index in [1.165, 1.54) is 30.3 Å². The predicted molar refractivity (Wildman–Crippen MR) is 188 cm³/mol. The Kier molecular flexibility index (Phi) is 12.1. The van der Waals surface area contributed by atoms with Gasteiger partial charge in [0.2, 0.25) is 23.6 Å². The Morgan fingerprint density at radius 3 is 2.39 bits per heavy atom. The van der Waals surface area contributed by atoms with Crippen molar-refractivity contribution in [3.8, 4) is 0 Å². The van der Waals surface area contributed by atoms with Gasteiger partial charge < -0.3 is 30.2 Å². The second kappa shape index (κ2) is 16.4. The molecule has 0 spiro atoms. The van der Waals surface area contributed by atoms with Crippen LogP contribution in [0.25, 0.3) is 10.9 Å². The first-order valence-electron chi connectivity index (χ1n) is 18.0. The van der Waals surface area contributed by atoms with Crippen molar-refractivity contribution in [3.63, 3.8) is 0 Å². The highest BCUT2D eigenvalue weighted by Gasteiger charge is 2.47. The highest BCUT2D eigenvalue weighted by atomic mass is 19.4. The van der Waals surface area contributed by atoms with Crippen LogP contribution in [-0.2, 0) is 44.6 Å². The van der Waals surface area contributed by atoms with Crippen LogP contribution in [0.4, 0.5) is 17.6 Å². The molecule has 2 heterocycles. The van der Waals surface area contributed by atoms with Gasteiger partial charge in [0.15, 0.2) is 0 Å². The van der Waals surface area contributed by atoms with Crippen LogP contribution >= 0.6 is 0 Å². The zero-order valence-corrected chi connectivity index (χ0v) is 30.7. The molecule has 4 N–H and O–H groups in total. The number of alkyl halides is 3. The number of aromatic amines is 1. The number of esters is 1. The van der Waals surface area contributed by atoms with Crippen LogP contribution in [0, 0.1) is 17.7 Å². The van der Waals surface area contributed by atoms with Crippen LogP contribution in [0.3, 0.4) is 0 Å². The van der Waals surface area contributed by atoms with Gasteiger partial charge in [0.1, 0.15) is 23.4 Å². The molecule has 290 valence electrons. The molecule has 0 aliphatic heterocycles. The summed E-state index contributed by atoms with van der Waals surface area (Å²) in [5, 5.41) is 12.5. The Morgan fingerprint density at radius 1 is 1.00 bits per heavy atom. The Balaban J connectivity index is 1.53. The molecule has 54 heavy (non-hydrogen) atoms. The molecule has 0 bridgehead atoms. The molecule has 3 amide bonds. The number of aryl methyl sites for hydroxylation is 1. The van der Waals surface area contributed by atoms with Gasteiger partial charge in [-0.15, -0.1) is 0 Å². The molecule has 2 aromatic carbocycles. The molecule has 4 unspecified atom stereocenters. The van der Waals surface area contributed by atoms with Gasteiger partial charge in [0, 0.05) is 17.5 Å². The topological polar surface area (TPSA) is 168 Å². The summed E-state index contributed by atoms with van der Waals surface area (Å²) in [6.07, 6.45) is -4.19. The van der Waals surface area contributed by atoms with Gasteiger partial charge in [0.25, 0.3) is 5.82 Å². The van der Waals surface area contributed by atoms with E-state index in [1.54, 1.807) is 19.9 Å². The van der Waals surface area contributed by atoms with E-state index < -0.39 is 64.8 Å². The third-order valence-electron chi connectivity index (χ3n) is 10.2. The fraction of sp³-hybridized carbons (Fsp3) is 0.474. The summed E-state index contributed by atoms with van der Waals surface area (Å²) in [4.78, 5) is 61.7. The van der Waals surface area contributed by atoms with Crippen molar-refractivity contribution in [3.05, 3.63) is 82.4 Å². The van der Waals surface area contributed by atoms with Crippen molar-refractivity contribution >= 4 is 34.6 Å². The minimum Gasteiger partial charge on any atom is -0.460 e. The van der Waals surface area contributed by atoms with Crippen molar-refractivity contribution in [2.75, 3.05) is 6.61 Å². The third kappa shape index (κ3) is 8.42. The number of aromatic nitrogens is 3. The molecule has 5 atom stereocenters. The molecular weight excluding hydrogens is 712 g/mol. The van der Waals surface area contributed by atoms with Gasteiger partial charge in [-0.1, -0.05) is 70.9 Å². The van der Waals surface area contributed by atoms with E-state index in [0.717, 1.165) is 6.07 Å². The highest BCUT2D eigenvalue weighted by Crippen LogP contribution is 2.40. The summed E-state index contributed by atoms with van der Waals surface area (Å²) < 4.78 is 66.9. The molecule has 2 aromatic heterocycles. The molecule has 1 aliphatic carbocycles. The van der Waals surface area contributed by atoms with Gasteiger partial charge in [-0.2, -0.15) is 18.2 Å². The zero-order chi connectivity index (χ0) is 39.4.